The normalized spacial score (nSPS) is 12.1. The van der Waals surface area contributed by atoms with E-state index in [4.69, 9.17) is 4.74 Å². The van der Waals surface area contributed by atoms with Gasteiger partial charge in [0.25, 0.3) is 0 Å². The van der Waals surface area contributed by atoms with Gasteiger partial charge >= 0.3 is 0 Å². The lowest BCUT2D eigenvalue weighted by molar-refractivity contribution is 0.473. The summed E-state index contributed by atoms with van der Waals surface area (Å²) in [4.78, 5) is 0. The maximum Gasteiger partial charge on any atom is 0.131 e. The molecule has 0 heterocycles. The average Bonchev–Trinajstić information content (AvgIpc) is 2.54. The molecule has 2 rings (SSSR count). The molecule has 0 fully saturated rings. The van der Waals surface area contributed by atoms with Gasteiger partial charge in [-0.2, -0.15) is 0 Å². The lowest BCUT2D eigenvalue weighted by atomic mass is 9.99. The molecule has 0 bridgehead atoms. The van der Waals surface area contributed by atoms with Gasteiger partial charge in [-0.05, 0) is 42.6 Å². The summed E-state index contributed by atoms with van der Waals surface area (Å²) >= 11 is 0. The van der Waals surface area contributed by atoms with Gasteiger partial charge in [0.15, 0.2) is 0 Å². The van der Waals surface area contributed by atoms with E-state index in [9.17, 15) is 0 Å². The highest BCUT2D eigenvalue weighted by atomic mass is 16.5. The molecule has 0 aromatic heterocycles. The lowest BCUT2D eigenvalue weighted by Gasteiger charge is -2.13. The molecule has 0 saturated heterocycles. The minimum absolute atomic E-state index is 0.597. The van der Waals surface area contributed by atoms with Crippen LogP contribution in [0.1, 0.15) is 44.2 Å². The van der Waals surface area contributed by atoms with Crippen molar-refractivity contribution in [1.29, 1.82) is 0 Å². The first-order valence-electron chi connectivity index (χ1n) is 7.81. The zero-order valence-electron chi connectivity index (χ0n) is 13.2. The molecule has 21 heavy (non-hydrogen) atoms. The van der Waals surface area contributed by atoms with Crippen molar-refractivity contribution in [2.75, 3.05) is 6.54 Å². The standard InChI is InChI=1S/C19H25NO/c1-4-15(3)16-10-12-18(13-11-16)21-19-9-7-6-8-17(19)14-20-5-2/h6-13,15,20H,4-5,14H2,1-3H3. The molecule has 2 heteroatoms. The molecule has 0 amide bonds. The van der Waals surface area contributed by atoms with Gasteiger partial charge in [0, 0.05) is 12.1 Å². The zero-order valence-corrected chi connectivity index (χ0v) is 13.2. The Labute approximate surface area is 128 Å². The van der Waals surface area contributed by atoms with Crippen LogP contribution in [0.15, 0.2) is 48.5 Å². The van der Waals surface area contributed by atoms with E-state index in [1.807, 2.05) is 18.2 Å². The molecular weight excluding hydrogens is 258 g/mol. The first-order valence-corrected chi connectivity index (χ1v) is 7.81. The van der Waals surface area contributed by atoms with Gasteiger partial charge in [-0.25, -0.2) is 0 Å². The van der Waals surface area contributed by atoms with Crippen LogP contribution in [0, 0.1) is 0 Å². The molecule has 112 valence electrons. The van der Waals surface area contributed by atoms with E-state index in [0.717, 1.165) is 31.0 Å². The Morgan fingerprint density at radius 3 is 2.38 bits per heavy atom. The van der Waals surface area contributed by atoms with Crippen molar-refractivity contribution in [2.45, 2.75) is 39.7 Å². The summed E-state index contributed by atoms with van der Waals surface area (Å²) in [5.41, 5.74) is 2.55. The topological polar surface area (TPSA) is 21.3 Å². The van der Waals surface area contributed by atoms with Crippen LogP contribution < -0.4 is 10.1 Å². The van der Waals surface area contributed by atoms with E-state index < -0.39 is 0 Å². The van der Waals surface area contributed by atoms with Crippen molar-refractivity contribution in [1.82, 2.24) is 5.32 Å². The maximum atomic E-state index is 6.03. The fraction of sp³-hybridized carbons (Fsp3) is 0.368. The van der Waals surface area contributed by atoms with Gasteiger partial charge < -0.3 is 10.1 Å². The summed E-state index contributed by atoms with van der Waals surface area (Å²) in [6.07, 6.45) is 1.16. The van der Waals surface area contributed by atoms with Crippen LogP contribution in [-0.4, -0.2) is 6.54 Å². The van der Waals surface area contributed by atoms with Crippen molar-refractivity contribution in [2.24, 2.45) is 0 Å². The van der Waals surface area contributed by atoms with Crippen LogP contribution in [0.4, 0.5) is 0 Å². The molecule has 0 aliphatic carbocycles. The number of hydrogen-bond donors (Lipinski definition) is 1. The number of benzene rings is 2. The number of nitrogens with one attached hydrogen (secondary N) is 1. The Morgan fingerprint density at radius 1 is 1.00 bits per heavy atom. The first kappa shape index (κ1) is 15.6. The van der Waals surface area contributed by atoms with E-state index in [1.165, 1.54) is 11.1 Å². The summed E-state index contributed by atoms with van der Waals surface area (Å²) in [6, 6.07) is 16.6. The van der Waals surface area contributed by atoms with E-state index in [2.05, 4.69) is 56.4 Å². The molecular formula is C19H25NO. The van der Waals surface area contributed by atoms with Crippen molar-refractivity contribution < 1.29 is 4.74 Å². The third-order valence-electron chi connectivity index (χ3n) is 3.83. The van der Waals surface area contributed by atoms with Crippen LogP contribution in [-0.2, 0) is 6.54 Å². The fourth-order valence-corrected chi connectivity index (χ4v) is 2.24. The third-order valence-corrected chi connectivity index (χ3v) is 3.83. The first-order chi connectivity index (χ1) is 10.2. The molecule has 0 radical (unpaired) electrons. The van der Waals surface area contributed by atoms with Crippen LogP contribution in [0.5, 0.6) is 11.5 Å². The minimum atomic E-state index is 0.597. The number of rotatable bonds is 7. The van der Waals surface area contributed by atoms with Crippen LogP contribution in [0.25, 0.3) is 0 Å². The SMILES string of the molecule is CCNCc1ccccc1Oc1ccc(C(C)CC)cc1. The summed E-state index contributed by atoms with van der Waals surface area (Å²) in [5, 5.41) is 3.34. The Hall–Kier alpha value is -1.80. The number of ether oxygens (including phenoxy) is 1. The Kier molecular flexibility index (Phi) is 5.82. The summed E-state index contributed by atoms with van der Waals surface area (Å²) in [6.45, 7) is 8.36. The Balaban J connectivity index is 2.11. The number of para-hydroxylation sites is 1. The second kappa shape index (κ2) is 7.84. The molecule has 0 spiro atoms. The second-order valence-corrected chi connectivity index (χ2v) is 5.37. The highest BCUT2D eigenvalue weighted by Gasteiger charge is 2.06. The second-order valence-electron chi connectivity index (χ2n) is 5.37. The van der Waals surface area contributed by atoms with Crippen molar-refractivity contribution in [3.05, 3.63) is 59.7 Å². The Morgan fingerprint density at radius 2 is 1.71 bits per heavy atom. The molecule has 2 nitrogen and oxygen atoms in total. The molecule has 2 aromatic carbocycles. The maximum absolute atomic E-state index is 6.03. The van der Waals surface area contributed by atoms with E-state index in [0.29, 0.717) is 5.92 Å². The van der Waals surface area contributed by atoms with E-state index in [-0.39, 0.29) is 0 Å². The van der Waals surface area contributed by atoms with Gasteiger partial charge in [0.05, 0.1) is 0 Å². The quantitative estimate of drug-likeness (QED) is 0.763. The van der Waals surface area contributed by atoms with Crippen molar-refractivity contribution in [3.63, 3.8) is 0 Å². The van der Waals surface area contributed by atoms with Gasteiger partial charge in [0.2, 0.25) is 0 Å². The highest BCUT2D eigenvalue weighted by Crippen LogP contribution is 2.27. The molecule has 1 atom stereocenters. The molecule has 0 saturated carbocycles. The monoisotopic (exact) mass is 283 g/mol. The largest absolute Gasteiger partial charge is 0.457 e. The van der Waals surface area contributed by atoms with Gasteiger partial charge in [-0.1, -0.05) is 51.1 Å². The third kappa shape index (κ3) is 4.33. The van der Waals surface area contributed by atoms with Gasteiger partial charge in [-0.15, -0.1) is 0 Å². The predicted molar refractivity (Wildman–Crippen MR) is 89.0 cm³/mol. The minimum Gasteiger partial charge on any atom is -0.457 e. The van der Waals surface area contributed by atoms with Crippen molar-refractivity contribution in [3.8, 4) is 11.5 Å². The molecule has 1 N–H and O–H groups in total. The van der Waals surface area contributed by atoms with Gasteiger partial charge in [-0.3, -0.25) is 0 Å². The average molecular weight is 283 g/mol. The molecule has 0 aliphatic rings. The van der Waals surface area contributed by atoms with E-state index >= 15 is 0 Å². The Bertz CT molecular complexity index is 548. The fourth-order valence-electron chi connectivity index (χ4n) is 2.24. The summed E-state index contributed by atoms with van der Waals surface area (Å²) in [5.74, 6) is 2.42. The molecule has 1 unspecified atom stereocenters. The predicted octanol–water partition coefficient (Wildman–Crippen LogP) is 5.10. The summed E-state index contributed by atoms with van der Waals surface area (Å²) in [7, 11) is 0. The molecule has 0 aliphatic heterocycles. The number of hydrogen-bond acceptors (Lipinski definition) is 2. The van der Waals surface area contributed by atoms with Gasteiger partial charge in [0.1, 0.15) is 11.5 Å². The smallest absolute Gasteiger partial charge is 0.131 e. The van der Waals surface area contributed by atoms with E-state index in [1.54, 1.807) is 0 Å². The highest BCUT2D eigenvalue weighted by molar-refractivity contribution is 5.38. The molecule has 2 aromatic rings. The van der Waals surface area contributed by atoms with Crippen molar-refractivity contribution >= 4 is 0 Å². The summed E-state index contributed by atoms with van der Waals surface area (Å²) < 4.78 is 6.03. The zero-order chi connectivity index (χ0) is 15.1. The van der Waals surface area contributed by atoms with Crippen LogP contribution in [0.3, 0.4) is 0 Å². The van der Waals surface area contributed by atoms with Crippen LogP contribution in [0.2, 0.25) is 0 Å². The van der Waals surface area contributed by atoms with Crippen LogP contribution >= 0.6 is 0 Å². The lowest BCUT2D eigenvalue weighted by Crippen LogP contribution is -2.12.